The van der Waals surface area contributed by atoms with Crippen molar-refractivity contribution in [1.82, 2.24) is 15.3 Å². The van der Waals surface area contributed by atoms with Gasteiger partial charge in [-0.2, -0.15) is 0 Å². The SMILES string of the molecule is CC(Nc1cncc(-c2cccc(/C=C3/SC(=O)NC3=O)c2)n1)C1CC1. The monoisotopic (exact) mass is 366 g/mol. The van der Waals surface area contributed by atoms with Crippen LogP contribution in [0.1, 0.15) is 25.3 Å². The van der Waals surface area contributed by atoms with E-state index in [1.165, 1.54) is 12.8 Å². The first-order chi connectivity index (χ1) is 12.6. The van der Waals surface area contributed by atoms with Gasteiger partial charge in [-0.05, 0) is 55.2 Å². The van der Waals surface area contributed by atoms with Crippen molar-refractivity contribution in [3.05, 3.63) is 47.1 Å². The highest BCUT2D eigenvalue weighted by Gasteiger charge is 2.28. The number of nitrogens with one attached hydrogen (secondary N) is 2. The van der Waals surface area contributed by atoms with Crippen molar-refractivity contribution in [2.24, 2.45) is 5.92 Å². The smallest absolute Gasteiger partial charge is 0.290 e. The van der Waals surface area contributed by atoms with E-state index >= 15 is 0 Å². The number of amides is 2. The summed E-state index contributed by atoms with van der Waals surface area (Å²) in [7, 11) is 0. The zero-order valence-electron chi connectivity index (χ0n) is 14.2. The van der Waals surface area contributed by atoms with Crippen molar-refractivity contribution in [1.29, 1.82) is 0 Å². The number of thioether (sulfide) groups is 1. The second-order valence-corrected chi connectivity index (χ2v) is 7.55. The fourth-order valence-corrected chi connectivity index (χ4v) is 3.56. The highest BCUT2D eigenvalue weighted by atomic mass is 32.2. The Morgan fingerprint density at radius 2 is 2.15 bits per heavy atom. The van der Waals surface area contributed by atoms with Crippen LogP contribution in [0.2, 0.25) is 0 Å². The largest absolute Gasteiger partial charge is 0.366 e. The summed E-state index contributed by atoms with van der Waals surface area (Å²) in [4.78, 5) is 32.3. The fraction of sp³-hybridized carbons (Fsp3) is 0.263. The maximum atomic E-state index is 11.7. The van der Waals surface area contributed by atoms with Crippen LogP contribution in [0.5, 0.6) is 0 Å². The molecule has 7 heteroatoms. The van der Waals surface area contributed by atoms with Crippen LogP contribution in [0.3, 0.4) is 0 Å². The van der Waals surface area contributed by atoms with Gasteiger partial charge in [-0.3, -0.25) is 19.9 Å². The number of rotatable bonds is 5. The van der Waals surface area contributed by atoms with Gasteiger partial charge in [0.1, 0.15) is 5.82 Å². The molecule has 2 aromatic rings. The molecule has 0 radical (unpaired) electrons. The summed E-state index contributed by atoms with van der Waals surface area (Å²) < 4.78 is 0. The van der Waals surface area contributed by atoms with Crippen LogP contribution < -0.4 is 10.6 Å². The Hall–Kier alpha value is -2.67. The van der Waals surface area contributed by atoms with Gasteiger partial charge in [0.2, 0.25) is 0 Å². The molecule has 2 aliphatic rings. The van der Waals surface area contributed by atoms with E-state index in [1.807, 2.05) is 24.3 Å². The third-order valence-corrected chi connectivity index (χ3v) is 5.27. The van der Waals surface area contributed by atoms with Gasteiger partial charge in [-0.25, -0.2) is 4.98 Å². The van der Waals surface area contributed by atoms with Gasteiger partial charge in [0, 0.05) is 11.6 Å². The normalized spacial score (nSPS) is 19.5. The molecule has 2 fully saturated rings. The summed E-state index contributed by atoms with van der Waals surface area (Å²) in [6.07, 6.45) is 7.70. The molecule has 0 spiro atoms. The number of anilines is 1. The third kappa shape index (κ3) is 3.77. The minimum absolute atomic E-state index is 0.341. The number of carbonyl (C=O) groups excluding carboxylic acids is 2. The molecular weight excluding hydrogens is 348 g/mol. The van der Waals surface area contributed by atoms with Crippen molar-refractivity contribution in [3.63, 3.8) is 0 Å². The van der Waals surface area contributed by atoms with Gasteiger partial charge in [0.15, 0.2) is 0 Å². The Balaban J connectivity index is 1.57. The van der Waals surface area contributed by atoms with Gasteiger partial charge in [0.05, 0.1) is 23.0 Å². The number of carbonyl (C=O) groups is 2. The number of aromatic nitrogens is 2. The fourth-order valence-electron chi connectivity index (χ4n) is 2.88. The molecule has 1 aliphatic heterocycles. The number of hydrogen-bond donors (Lipinski definition) is 2. The van der Waals surface area contributed by atoms with Gasteiger partial charge in [-0.1, -0.05) is 18.2 Å². The minimum Gasteiger partial charge on any atom is -0.366 e. The Labute approximate surface area is 155 Å². The van der Waals surface area contributed by atoms with Crippen molar-refractivity contribution in [2.75, 3.05) is 5.32 Å². The summed E-state index contributed by atoms with van der Waals surface area (Å²) in [5.74, 6) is 1.14. The molecule has 1 saturated carbocycles. The Kier molecular flexibility index (Phi) is 4.46. The van der Waals surface area contributed by atoms with Crippen molar-refractivity contribution in [2.45, 2.75) is 25.8 Å². The summed E-state index contributed by atoms with van der Waals surface area (Å²) in [6, 6.07) is 8.06. The zero-order valence-corrected chi connectivity index (χ0v) is 15.0. The van der Waals surface area contributed by atoms with E-state index in [2.05, 4.69) is 27.5 Å². The Morgan fingerprint density at radius 1 is 1.31 bits per heavy atom. The van der Waals surface area contributed by atoms with E-state index < -0.39 is 0 Å². The molecule has 2 amide bonds. The molecular formula is C19H18N4O2S. The predicted molar refractivity (Wildman–Crippen MR) is 102 cm³/mol. The predicted octanol–water partition coefficient (Wildman–Crippen LogP) is 3.68. The Bertz CT molecular complexity index is 908. The van der Waals surface area contributed by atoms with Gasteiger partial charge in [0.25, 0.3) is 11.1 Å². The second kappa shape index (κ2) is 6.92. The molecule has 1 saturated heterocycles. The van der Waals surface area contributed by atoms with Crippen molar-refractivity contribution < 1.29 is 9.59 Å². The summed E-state index contributed by atoms with van der Waals surface area (Å²) in [5.41, 5.74) is 2.50. The van der Waals surface area contributed by atoms with Crippen molar-refractivity contribution in [3.8, 4) is 11.3 Å². The molecule has 4 rings (SSSR count). The molecule has 132 valence electrons. The molecule has 26 heavy (non-hydrogen) atoms. The molecule has 0 bridgehead atoms. The maximum Gasteiger partial charge on any atom is 0.290 e. The summed E-state index contributed by atoms with van der Waals surface area (Å²) >= 11 is 0.912. The van der Waals surface area contributed by atoms with Crippen LogP contribution in [0.15, 0.2) is 41.6 Å². The van der Waals surface area contributed by atoms with Crippen LogP contribution in [0.4, 0.5) is 10.6 Å². The highest BCUT2D eigenvalue weighted by Crippen LogP contribution is 2.34. The van der Waals surface area contributed by atoms with Crippen LogP contribution >= 0.6 is 11.8 Å². The molecule has 1 atom stereocenters. The lowest BCUT2D eigenvalue weighted by atomic mass is 10.1. The number of imide groups is 1. The lowest BCUT2D eigenvalue weighted by Crippen LogP contribution is -2.18. The van der Waals surface area contributed by atoms with E-state index in [-0.39, 0.29) is 11.1 Å². The van der Waals surface area contributed by atoms with E-state index in [0.29, 0.717) is 10.9 Å². The zero-order chi connectivity index (χ0) is 18.1. The van der Waals surface area contributed by atoms with Gasteiger partial charge >= 0.3 is 0 Å². The number of nitrogens with zero attached hydrogens (tertiary/aromatic N) is 2. The standard InChI is InChI=1S/C19H18N4O2S/c1-11(13-5-6-13)21-17-10-20-9-15(22-17)14-4-2-3-12(7-14)8-16-18(24)23-19(25)26-16/h2-4,7-11,13H,5-6H2,1H3,(H,21,22)(H,23,24,25)/b16-8+. The third-order valence-electron chi connectivity index (χ3n) is 4.46. The molecule has 1 aromatic carbocycles. The molecule has 1 unspecified atom stereocenters. The summed E-state index contributed by atoms with van der Waals surface area (Å²) in [6.45, 7) is 2.17. The average Bonchev–Trinajstić information content (AvgIpc) is 3.42. The first-order valence-corrected chi connectivity index (χ1v) is 9.34. The quantitative estimate of drug-likeness (QED) is 0.786. The average molecular weight is 366 g/mol. The van der Waals surface area contributed by atoms with E-state index in [4.69, 9.17) is 0 Å². The lowest BCUT2D eigenvalue weighted by molar-refractivity contribution is -0.115. The second-order valence-electron chi connectivity index (χ2n) is 6.54. The topological polar surface area (TPSA) is 84.0 Å². The number of hydrogen-bond acceptors (Lipinski definition) is 6. The van der Waals surface area contributed by atoms with Crippen LogP contribution in [0, 0.1) is 5.92 Å². The van der Waals surface area contributed by atoms with Gasteiger partial charge < -0.3 is 5.32 Å². The van der Waals surface area contributed by atoms with Crippen LogP contribution in [0.25, 0.3) is 17.3 Å². The van der Waals surface area contributed by atoms with Crippen molar-refractivity contribution >= 4 is 34.8 Å². The lowest BCUT2D eigenvalue weighted by Gasteiger charge is -2.13. The molecule has 2 heterocycles. The van der Waals surface area contributed by atoms with E-state index in [1.54, 1.807) is 18.5 Å². The molecule has 1 aliphatic carbocycles. The minimum atomic E-state index is -0.356. The molecule has 2 N–H and O–H groups in total. The summed E-state index contributed by atoms with van der Waals surface area (Å²) in [5, 5.41) is 5.34. The Morgan fingerprint density at radius 3 is 2.88 bits per heavy atom. The van der Waals surface area contributed by atoms with Crippen LogP contribution in [-0.4, -0.2) is 27.2 Å². The highest BCUT2D eigenvalue weighted by molar-refractivity contribution is 8.18. The first kappa shape index (κ1) is 16.8. The number of benzene rings is 1. The van der Waals surface area contributed by atoms with E-state index in [9.17, 15) is 9.59 Å². The molecule has 1 aromatic heterocycles. The van der Waals surface area contributed by atoms with E-state index in [0.717, 1.165) is 40.3 Å². The first-order valence-electron chi connectivity index (χ1n) is 8.52. The molecule has 6 nitrogen and oxygen atoms in total. The maximum absolute atomic E-state index is 11.7. The van der Waals surface area contributed by atoms with Gasteiger partial charge in [-0.15, -0.1) is 0 Å². The van der Waals surface area contributed by atoms with Crippen LogP contribution in [-0.2, 0) is 4.79 Å².